The molecule has 0 unspecified atom stereocenters. The molecule has 0 spiro atoms. The Bertz CT molecular complexity index is 286. The minimum Gasteiger partial charge on any atom is -0.469 e. The van der Waals surface area contributed by atoms with Crippen molar-refractivity contribution in [1.82, 2.24) is 4.98 Å². The van der Waals surface area contributed by atoms with Gasteiger partial charge in [0, 0.05) is 11.1 Å². The molecule has 2 N–H and O–H groups in total. The van der Waals surface area contributed by atoms with E-state index in [-0.39, 0.29) is 6.02 Å². The molecule has 0 aliphatic heterocycles. The summed E-state index contributed by atoms with van der Waals surface area (Å²) < 4.78 is 5.17. The van der Waals surface area contributed by atoms with Gasteiger partial charge in [0.05, 0.1) is 13.7 Å². The summed E-state index contributed by atoms with van der Waals surface area (Å²) in [5, 5.41) is 0. The molecule has 0 aliphatic rings. The van der Waals surface area contributed by atoms with Gasteiger partial charge >= 0.3 is 0 Å². The third kappa shape index (κ3) is 2.67. The fourth-order valence-corrected chi connectivity index (χ4v) is 1.48. The second kappa shape index (κ2) is 4.27. The maximum Gasteiger partial charge on any atom is 0.281 e. The number of methoxy groups -OCH3 is 1. The first-order valence-corrected chi connectivity index (χ1v) is 4.36. The number of ether oxygens (including phenoxy) is 1. The van der Waals surface area contributed by atoms with E-state index in [9.17, 15) is 0 Å². The number of hydrogen-bond acceptors (Lipinski definition) is 4. The number of nitrogens with two attached hydrogens (primary N) is 1. The topological polar surface area (TPSA) is 60.5 Å². The summed E-state index contributed by atoms with van der Waals surface area (Å²) in [5.41, 5.74) is 5.31. The zero-order chi connectivity index (χ0) is 8.97. The fourth-order valence-electron chi connectivity index (χ4n) is 0.577. The highest BCUT2D eigenvalue weighted by Crippen LogP contribution is 2.18. The van der Waals surface area contributed by atoms with Gasteiger partial charge in [0.2, 0.25) is 0 Å². The van der Waals surface area contributed by atoms with Crippen LogP contribution in [0.15, 0.2) is 11.2 Å². The SMILES string of the molecule is COC(N)=NCc1cnc(Cl)s1. The summed E-state index contributed by atoms with van der Waals surface area (Å²) in [5.74, 6) is 0. The predicted octanol–water partition coefficient (Wildman–Crippen LogP) is 1.26. The lowest BCUT2D eigenvalue weighted by Gasteiger charge is -1.94. The average Bonchev–Trinajstić information content (AvgIpc) is 2.47. The first-order chi connectivity index (χ1) is 5.72. The Morgan fingerprint density at radius 3 is 3.17 bits per heavy atom. The van der Waals surface area contributed by atoms with Crippen molar-refractivity contribution in [1.29, 1.82) is 0 Å². The first kappa shape index (κ1) is 9.28. The molecule has 66 valence electrons. The number of rotatable bonds is 2. The second-order valence-corrected chi connectivity index (χ2v) is 3.64. The van der Waals surface area contributed by atoms with Gasteiger partial charge in [-0.3, -0.25) is 0 Å². The number of thiazole rings is 1. The molecule has 6 heteroatoms. The third-order valence-electron chi connectivity index (χ3n) is 1.13. The molecule has 0 fully saturated rings. The fraction of sp³-hybridized carbons (Fsp3) is 0.333. The lowest BCUT2D eigenvalue weighted by Crippen LogP contribution is -2.13. The van der Waals surface area contributed by atoms with Crippen LogP contribution < -0.4 is 5.73 Å². The largest absolute Gasteiger partial charge is 0.469 e. The average molecular weight is 206 g/mol. The van der Waals surface area contributed by atoms with Crippen molar-refractivity contribution in [3.05, 3.63) is 15.5 Å². The Balaban J connectivity index is 2.53. The van der Waals surface area contributed by atoms with Crippen LogP contribution in [0.5, 0.6) is 0 Å². The number of aromatic nitrogens is 1. The van der Waals surface area contributed by atoms with E-state index in [0.717, 1.165) is 4.88 Å². The monoisotopic (exact) mass is 205 g/mol. The van der Waals surface area contributed by atoms with E-state index < -0.39 is 0 Å². The van der Waals surface area contributed by atoms with Crippen molar-refractivity contribution in [2.24, 2.45) is 10.7 Å². The van der Waals surface area contributed by atoms with Gasteiger partial charge in [-0.2, -0.15) is 0 Å². The van der Waals surface area contributed by atoms with Crippen molar-refractivity contribution >= 4 is 29.0 Å². The second-order valence-electron chi connectivity index (χ2n) is 1.94. The molecule has 1 rings (SSSR count). The van der Waals surface area contributed by atoms with Crippen molar-refractivity contribution in [2.75, 3.05) is 7.11 Å². The van der Waals surface area contributed by atoms with Crippen molar-refractivity contribution in [3.63, 3.8) is 0 Å². The molecular weight excluding hydrogens is 198 g/mol. The van der Waals surface area contributed by atoms with Crippen molar-refractivity contribution in [3.8, 4) is 0 Å². The quantitative estimate of drug-likeness (QED) is 0.584. The molecule has 4 nitrogen and oxygen atoms in total. The van der Waals surface area contributed by atoms with Crippen LogP contribution >= 0.6 is 22.9 Å². The number of amidine groups is 1. The molecule has 0 aliphatic carbocycles. The van der Waals surface area contributed by atoms with E-state index in [1.54, 1.807) is 6.20 Å². The minimum atomic E-state index is 0.166. The van der Waals surface area contributed by atoms with Crippen LogP contribution in [0.4, 0.5) is 0 Å². The maximum absolute atomic E-state index is 5.61. The highest BCUT2D eigenvalue weighted by Gasteiger charge is 1.97. The van der Waals surface area contributed by atoms with Crippen LogP contribution in [0.3, 0.4) is 0 Å². The van der Waals surface area contributed by atoms with Gasteiger partial charge < -0.3 is 10.5 Å². The zero-order valence-electron chi connectivity index (χ0n) is 6.45. The summed E-state index contributed by atoms with van der Waals surface area (Å²) in [4.78, 5) is 8.72. The Labute approximate surface area is 79.0 Å². The van der Waals surface area contributed by atoms with Gasteiger partial charge in [0.15, 0.2) is 4.47 Å². The highest BCUT2D eigenvalue weighted by atomic mass is 35.5. The van der Waals surface area contributed by atoms with E-state index in [1.165, 1.54) is 18.4 Å². The Hall–Kier alpha value is -0.810. The van der Waals surface area contributed by atoms with Gasteiger partial charge in [0.25, 0.3) is 6.02 Å². The molecule has 0 bridgehead atoms. The Morgan fingerprint density at radius 1 is 1.92 bits per heavy atom. The molecular formula is C6H8ClN3OS. The molecule has 1 heterocycles. The van der Waals surface area contributed by atoms with Gasteiger partial charge in [-0.15, -0.1) is 11.3 Å². The number of nitrogens with zero attached hydrogens (tertiary/aromatic N) is 2. The molecule has 1 aromatic rings. The molecule has 0 saturated heterocycles. The lowest BCUT2D eigenvalue weighted by molar-refractivity contribution is 0.394. The summed E-state index contributed by atoms with van der Waals surface area (Å²) in [7, 11) is 1.47. The van der Waals surface area contributed by atoms with Crippen molar-refractivity contribution < 1.29 is 4.74 Å². The zero-order valence-corrected chi connectivity index (χ0v) is 8.02. The van der Waals surface area contributed by atoms with Crippen LogP contribution in [0.2, 0.25) is 4.47 Å². The van der Waals surface area contributed by atoms with E-state index in [2.05, 4.69) is 14.7 Å². The van der Waals surface area contributed by atoms with Crippen LogP contribution in [-0.4, -0.2) is 18.1 Å². The molecule has 0 amide bonds. The lowest BCUT2D eigenvalue weighted by atomic mass is 10.6. The highest BCUT2D eigenvalue weighted by molar-refractivity contribution is 7.15. The van der Waals surface area contributed by atoms with Crippen molar-refractivity contribution in [2.45, 2.75) is 6.54 Å². The van der Waals surface area contributed by atoms with E-state index in [1.807, 2.05) is 0 Å². The van der Waals surface area contributed by atoms with E-state index in [4.69, 9.17) is 17.3 Å². The van der Waals surface area contributed by atoms with Gasteiger partial charge in [-0.05, 0) is 0 Å². The van der Waals surface area contributed by atoms with Crippen LogP contribution in [0.25, 0.3) is 0 Å². The summed E-state index contributed by atoms with van der Waals surface area (Å²) in [6.07, 6.45) is 1.67. The third-order valence-corrected chi connectivity index (χ3v) is 2.22. The minimum absolute atomic E-state index is 0.166. The van der Waals surface area contributed by atoms with Crippen LogP contribution in [0.1, 0.15) is 4.88 Å². The molecule has 1 aromatic heterocycles. The van der Waals surface area contributed by atoms with Gasteiger partial charge in [0.1, 0.15) is 0 Å². The van der Waals surface area contributed by atoms with E-state index >= 15 is 0 Å². The maximum atomic E-state index is 5.61. The number of hydrogen-bond donors (Lipinski definition) is 1. The summed E-state index contributed by atoms with van der Waals surface area (Å²) in [6.45, 7) is 0.462. The predicted molar refractivity (Wildman–Crippen MR) is 49.5 cm³/mol. The molecule has 0 aromatic carbocycles. The molecule has 0 radical (unpaired) electrons. The normalized spacial score (nSPS) is 11.7. The summed E-state index contributed by atoms with van der Waals surface area (Å²) >= 11 is 6.98. The summed E-state index contributed by atoms with van der Waals surface area (Å²) in [6, 6.07) is 0.166. The Kier molecular flexibility index (Phi) is 3.31. The smallest absolute Gasteiger partial charge is 0.281 e. The number of halogens is 1. The molecule has 0 saturated carbocycles. The standard InChI is InChI=1S/C6H8ClN3OS/c1-11-6(8)10-3-4-2-9-5(7)12-4/h2H,3H2,1H3,(H2,8,10). The van der Waals surface area contributed by atoms with E-state index in [0.29, 0.717) is 11.0 Å². The molecule has 0 atom stereocenters. The van der Waals surface area contributed by atoms with Crippen LogP contribution in [-0.2, 0) is 11.3 Å². The van der Waals surface area contributed by atoms with Gasteiger partial charge in [-0.1, -0.05) is 11.6 Å². The molecule has 12 heavy (non-hydrogen) atoms. The first-order valence-electron chi connectivity index (χ1n) is 3.16. The Morgan fingerprint density at radius 2 is 2.67 bits per heavy atom. The van der Waals surface area contributed by atoms with Gasteiger partial charge in [-0.25, -0.2) is 9.98 Å². The van der Waals surface area contributed by atoms with Crippen LogP contribution in [0, 0.1) is 0 Å². The number of aliphatic imine (C=N–C) groups is 1.